The van der Waals surface area contributed by atoms with Crippen molar-refractivity contribution in [1.82, 2.24) is 0 Å². The molecule has 0 saturated heterocycles. The van der Waals surface area contributed by atoms with Gasteiger partial charge in [-0.1, -0.05) is 271 Å². The molecule has 0 spiro atoms. The summed E-state index contributed by atoms with van der Waals surface area (Å²) >= 11 is 0. The molecule has 0 bridgehead atoms. The SMILES string of the molecule is CCCCCCCCCCCCCCCCCCCCCCCCCCC(=O)O[C@H](COCCCCCCCCCCCCCCCCCCCC)COP(=O)(O)OC[C@H](N)C(=O)O. The number of unbranched alkanes of at least 4 members (excludes halogenated alkanes) is 40. The maximum absolute atomic E-state index is 12.7. The van der Waals surface area contributed by atoms with Crippen molar-refractivity contribution >= 4 is 19.8 Å². The van der Waals surface area contributed by atoms with E-state index in [4.69, 9.17) is 29.4 Å². The quantitative estimate of drug-likeness (QED) is 0.0305. The number of rotatable bonds is 54. The van der Waals surface area contributed by atoms with Gasteiger partial charge in [0.1, 0.15) is 12.1 Å². The Bertz CT molecular complexity index is 1030. The number of ether oxygens (including phenoxy) is 2. The number of carbonyl (C=O) groups is 2. The highest BCUT2D eigenvalue weighted by Crippen LogP contribution is 2.43. The highest BCUT2D eigenvalue weighted by molar-refractivity contribution is 7.47. The molecule has 0 aliphatic carbocycles. The smallest absolute Gasteiger partial charge is 0.472 e. The van der Waals surface area contributed by atoms with E-state index in [1.54, 1.807) is 0 Å². The standard InChI is InChI=1S/C53H106NO9P/c1-3-5-7-9-11-13-15-17-19-21-23-24-25-26-27-28-29-31-33-35-37-39-41-43-45-52(55)63-50(48-61-64(58,59)62-49-51(54)53(56)57)47-60-46-44-42-40-38-36-34-32-30-22-20-18-16-14-12-10-8-6-4-2/h50-51H,3-49,54H2,1-2H3,(H,56,57)(H,58,59)/t50-,51+/m1/s1. The minimum absolute atomic E-state index is 0.0266. The molecule has 0 saturated carbocycles. The van der Waals surface area contributed by atoms with Gasteiger partial charge in [-0.05, 0) is 12.8 Å². The lowest BCUT2D eigenvalue weighted by atomic mass is 10.0. The van der Waals surface area contributed by atoms with Gasteiger partial charge in [0.2, 0.25) is 0 Å². The van der Waals surface area contributed by atoms with Crippen LogP contribution >= 0.6 is 7.82 Å². The summed E-state index contributed by atoms with van der Waals surface area (Å²) in [5, 5.41) is 8.94. The Morgan fingerprint density at radius 3 is 1.03 bits per heavy atom. The number of nitrogens with two attached hydrogens (primary N) is 1. The normalized spacial score (nSPS) is 13.6. The van der Waals surface area contributed by atoms with Crippen LogP contribution in [0.2, 0.25) is 0 Å². The number of phosphoric acid groups is 1. The number of carboxylic acids is 1. The topological polar surface area (TPSA) is 155 Å². The van der Waals surface area contributed by atoms with Crippen molar-refractivity contribution in [3.63, 3.8) is 0 Å². The predicted octanol–water partition coefficient (Wildman–Crippen LogP) is 16.3. The molecule has 0 rings (SSSR count). The first-order chi connectivity index (χ1) is 31.2. The second-order valence-electron chi connectivity index (χ2n) is 19.1. The molecule has 4 N–H and O–H groups in total. The molecule has 0 aromatic carbocycles. The molecule has 0 aromatic heterocycles. The molecule has 0 amide bonds. The van der Waals surface area contributed by atoms with E-state index < -0.39 is 45.1 Å². The second kappa shape index (κ2) is 49.9. The molecule has 11 heteroatoms. The van der Waals surface area contributed by atoms with Crippen molar-refractivity contribution in [2.45, 2.75) is 302 Å². The van der Waals surface area contributed by atoms with Gasteiger partial charge in [0.25, 0.3) is 0 Å². The Kier molecular flexibility index (Phi) is 49.1. The van der Waals surface area contributed by atoms with E-state index in [2.05, 4.69) is 13.8 Å². The summed E-state index contributed by atoms with van der Waals surface area (Å²) < 4.78 is 33.6. The first kappa shape index (κ1) is 63.0. The van der Waals surface area contributed by atoms with Gasteiger partial charge >= 0.3 is 19.8 Å². The zero-order valence-electron chi connectivity index (χ0n) is 42.2. The van der Waals surface area contributed by atoms with Gasteiger partial charge in [-0.25, -0.2) is 4.57 Å². The average molecular weight is 932 g/mol. The summed E-state index contributed by atoms with van der Waals surface area (Å²) in [6.45, 7) is 3.97. The van der Waals surface area contributed by atoms with E-state index in [0.29, 0.717) is 6.61 Å². The van der Waals surface area contributed by atoms with Gasteiger partial charge in [-0.3, -0.25) is 18.6 Å². The Balaban J connectivity index is 4.02. The lowest BCUT2D eigenvalue weighted by molar-refractivity contribution is -0.154. The maximum atomic E-state index is 12.7. The van der Waals surface area contributed by atoms with Crippen molar-refractivity contribution in [3.8, 4) is 0 Å². The van der Waals surface area contributed by atoms with Crippen LogP contribution in [0.4, 0.5) is 0 Å². The Hall–Kier alpha value is -1.03. The van der Waals surface area contributed by atoms with E-state index in [9.17, 15) is 19.0 Å². The summed E-state index contributed by atoms with van der Waals surface area (Å²) in [5.74, 6) is -1.76. The maximum Gasteiger partial charge on any atom is 0.472 e. The number of hydrogen-bond acceptors (Lipinski definition) is 8. The van der Waals surface area contributed by atoms with Crippen LogP contribution in [0.15, 0.2) is 0 Å². The summed E-state index contributed by atoms with van der Waals surface area (Å²) in [6, 6.07) is -1.47. The summed E-state index contributed by atoms with van der Waals surface area (Å²) in [6.07, 6.45) is 54.5. The number of carbonyl (C=O) groups excluding carboxylic acids is 1. The third-order valence-electron chi connectivity index (χ3n) is 12.6. The van der Waals surface area contributed by atoms with Gasteiger partial charge in [-0.15, -0.1) is 0 Å². The van der Waals surface area contributed by atoms with E-state index in [-0.39, 0.29) is 13.0 Å². The van der Waals surface area contributed by atoms with Crippen LogP contribution in [0.5, 0.6) is 0 Å². The molecule has 1 unspecified atom stereocenters. The van der Waals surface area contributed by atoms with Gasteiger partial charge in [-0.2, -0.15) is 0 Å². The van der Waals surface area contributed by atoms with Crippen molar-refractivity contribution in [3.05, 3.63) is 0 Å². The van der Waals surface area contributed by atoms with Crippen molar-refractivity contribution in [1.29, 1.82) is 0 Å². The minimum Gasteiger partial charge on any atom is -0.480 e. The van der Waals surface area contributed by atoms with Crippen LogP contribution in [-0.2, 0) is 32.7 Å². The lowest BCUT2D eigenvalue weighted by Gasteiger charge is -2.20. The van der Waals surface area contributed by atoms with Gasteiger partial charge < -0.3 is 25.2 Å². The monoisotopic (exact) mass is 932 g/mol. The number of phosphoric ester groups is 1. The third kappa shape index (κ3) is 48.9. The molecular weight excluding hydrogens is 826 g/mol. The molecule has 0 aliphatic rings. The molecule has 3 atom stereocenters. The fraction of sp³-hybridized carbons (Fsp3) is 0.962. The molecule has 64 heavy (non-hydrogen) atoms. The minimum atomic E-state index is -4.62. The molecular formula is C53H106NO9P. The van der Waals surface area contributed by atoms with Crippen LogP contribution in [0.3, 0.4) is 0 Å². The summed E-state index contributed by atoms with van der Waals surface area (Å²) in [5.41, 5.74) is 5.38. The number of carboxylic acid groups (broad SMARTS) is 1. The molecule has 10 nitrogen and oxygen atoms in total. The Morgan fingerprint density at radius 2 is 0.719 bits per heavy atom. The lowest BCUT2D eigenvalue weighted by Crippen LogP contribution is -2.34. The van der Waals surface area contributed by atoms with E-state index in [1.807, 2.05) is 0 Å². The van der Waals surface area contributed by atoms with Crippen molar-refractivity contribution in [2.24, 2.45) is 5.73 Å². The fourth-order valence-corrected chi connectivity index (χ4v) is 9.15. The van der Waals surface area contributed by atoms with Crippen LogP contribution in [0.1, 0.15) is 290 Å². The van der Waals surface area contributed by atoms with E-state index >= 15 is 0 Å². The zero-order chi connectivity index (χ0) is 46.9. The molecule has 0 aromatic rings. The first-order valence-corrected chi connectivity index (χ1v) is 29.1. The van der Waals surface area contributed by atoms with Gasteiger partial charge in [0.15, 0.2) is 0 Å². The number of esters is 1. The molecule has 382 valence electrons. The predicted molar refractivity (Wildman–Crippen MR) is 268 cm³/mol. The zero-order valence-corrected chi connectivity index (χ0v) is 43.1. The van der Waals surface area contributed by atoms with Crippen LogP contribution in [0.25, 0.3) is 0 Å². The van der Waals surface area contributed by atoms with Crippen molar-refractivity contribution < 1.29 is 42.7 Å². The highest BCUT2D eigenvalue weighted by atomic mass is 31.2. The number of hydrogen-bond donors (Lipinski definition) is 3. The molecule has 0 heterocycles. The molecule has 0 radical (unpaired) electrons. The first-order valence-electron chi connectivity index (χ1n) is 27.6. The Labute approximate surface area is 395 Å². The number of aliphatic carboxylic acids is 1. The fourth-order valence-electron chi connectivity index (χ4n) is 8.37. The summed E-state index contributed by atoms with van der Waals surface area (Å²) in [7, 11) is -4.62. The summed E-state index contributed by atoms with van der Waals surface area (Å²) in [4.78, 5) is 33.7. The van der Waals surface area contributed by atoms with Crippen LogP contribution < -0.4 is 5.73 Å². The second-order valence-corrected chi connectivity index (χ2v) is 20.5. The van der Waals surface area contributed by atoms with Gasteiger partial charge in [0.05, 0.1) is 19.8 Å². The Morgan fingerprint density at radius 1 is 0.438 bits per heavy atom. The average Bonchev–Trinajstić information content (AvgIpc) is 3.28. The third-order valence-corrected chi connectivity index (χ3v) is 13.6. The van der Waals surface area contributed by atoms with Gasteiger partial charge in [0, 0.05) is 13.0 Å². The van der Waals surface area contributed by atoms with Crippen molar-refractivity contribution in [2.75, 3.05) is 26.4 Å². The van der Waals surface area contributed by atoms with E-state index in [1.165, 1.54) is 231 Å². The molecule has 0 aliphatic heterocycles. The van der Waals surface area contributed by atoms with E-state index in [0.717, 1.165) is 38.5 Å². The largest absolute Gasteiger partial charge is 0.480 e. The van der Waals surface area contributed by atoms with Crippen LogP contribution in [0, 0.1) is 0 Å². The molecule has 0 fully saturated rings. The van der Waals surface area contributed by atoms with Crippen LogP contribution in [-0.4, -0.2) is 60.5 Å². The highest BCUT2D eigenvalue weighted by Gasteiger charge is 2.27.